The number of amidine groups is 1. The molecule has 0 fully saturated rings. The van der Waals surface area contributed by atoms with Crippen LogP contribution in [0.3, 0.4) is 0 Å². The van der Waals surface area contributed by atoms with Crippen molar-refractivity contribution < 1.29 is 19.2 Å². The van der Waals surface area contributed by atoms with Gasteiger partial charge in [-0.05, 0) is 52.3 Å². The van der Waals surface area contributed by atoms with Crippen molar-refractivity contribution in [1.82, 2.24) is 0 Å². The van der Waals surface area contributed by atoms with Gasteiger partial charge in [0.1, 0.15) is 5.75 Å². The summed E-state index contributed by atoms with van der Waals surface area (Å²) in [5.41, 5.74) is 11.6. The fraction of sp³-hybridized carbons (Fsp3) is 0.0625. The molecule has 2 rings (SSSR count). The largest absolute Gasteiger partial charge is 0.484 e. The number of halogens is 1. The summed E-state index contributed by atoms with van der Waals surface area (Å²) in [7, 11) is 0. The number of ether oxygens (including phenoxy) is 1. The predicted octanol–water partition coefficient (Wildman–Crippen LogP) is 1.79. The Morgan fingerprint density at radius 2 is 1.71 bits per heavy atom. The van der Waals surface area contributed by atoms with Gasteiger partial charge < -0.3 is 21.0 Å². The van der Waals surface area contributed by atoms with E-state index in [2.05, 4.69) is 21.1 Å². The highest BCUT2D eigenvalue weighted by atomic mass is 79.9. The number of hydrogen-bond donors (Lipinski definition) is 2. The molecule has 8 heteroatoms. The van der Waals surface area contributed by atoms with Crippen LogP contribution >= 0.6 is 15.9 Å². The zero-order valence-electron chi connectivity index (χ0n) is 12.4. The number of carbonyl (C=O) groups excluding carboxylic acids is 2. The van der Waals surface area contributed by atoms with E-state index in [1.54, 1.807) is 48.5 Å². The normalized spacial score (nSPS) is 11.0. The predicted molar refractivity (Wildman–Crippen MR) is 91.4 cm³/mol. The van der Waals surface area contributed by atoms with Crippen LogP contribution in [0.1, 0.15) is 15.9 Å². The highest BCUT2D eigenvalue weighted by Crippen LogP contribution is 2.17. The van der Waals surface area contributed by atoms with Crippen molar-refractivity contribution in [2.45, 2.75) is 0 Å². The Hall–Kier alpha value is -2.87. The van der Waals surface area contributed by atoms with Crippen LogP contribution in [0, 0.1) is 0 Å². The molecule has 0 spiro atoms. The van der Waals surface area contributed by atoms with Crippen LogP contribution in [-0.2, 0) is 9.63 Å². The molecule has 24 heavy (non-hydrogen) atoms. The van der Waals surface area contributed by atoms with Crippen LogP contribution in [0.2, 0.25) is 0 Å². The fourth-order valence-corrected chi connectivity index (χ4v) is 2.14. The molecule has 7 nitrogen and oxygen atoms in total. The molecule has 124 valence electrons. The van der Waals surface area contributed by atoms with Gasteiger partial charge in [0.05, 0.1) is 5.56 Å². The van der Waals surface area contributed by atoms with Crippen molar-refractivity contribution in [3.05, 3.63) is 64.1 Å². The number of amides is 1. The number of primary amides is 1. The zero-order valence-corrected chi connectivity index (χ0v) is 14.0. The van der Waals surface area contributed by atoms with E-state index in [0.717, 1.165) is 0 Å². The molecular formula is C16H14BrN3O4. The maximum absolute atomic E-state index is 11.9. The smallest absolute Gasteiger partial charge is 0.366 e. The monoisotopic (exact) mass is 391 g/mol. The first kappa shape index (κ1) is 17.5. The average molecular weight is 392 g/mol. The van der Waals surface area contributed by atoms with Gasteiger partial charge in [-0.2, -0.15) is 0 Å². The molecule has 0 aliphatic heterocycles. The first-order chi connectivity index (χ1) is 11.5. The molecule has 4 N–H and O–H groups in total. The molecule has 0 saturated carbocycles. The Morgan fingerprint density at radius 3 is 2.33 bits per heavy atom. The van der Waals surface area contributed by atoms with Gasteiger partial charge in [-0.25, -0.2) is 4.79 Å². The van der Waals surface area contributed by atoms with Gasteiger partial charge in [0.2, 0.25) is 0 Å². The topological polar surface area (TPSA) is 117 Å². The standard InChI is InChI=1S/C16H14BrN3O4/c17-13-4-2-1-3-12(13)16(22)24-20-15(19)10-5-7-11(8-6-10)23-9-14(18)21/h1-8H,9H2,(H2,18,21)(H2,19,20). The van der Waals surface area contributed by atoms with Gasteiger partial charge in [0.25, 0.3) is 5.91 Å². The van der Waals surface area contributed by atoms with Gasteiger partial charge >= 0.3 is 5.97 Å². The molecule has 2 aromatic rings. The van der Waals surface area contributed by atoms with Gasteiger partial charge in [0.15, 0.2) is 12.4 Å². The summed E-state index contributed by atoms with van der Waals surface area (Å²) in [6, 6.07) is 13.2. The lowest BCUT2D eigenvalue weighted by Gasteiger charge is -2.05. The third-order valence-corrected chi connectivity index (χ3v) is 3.54. The molecule has 2 aromatic carbocycles. The SMILES string of the molecule is NC(=O)COc1ccc(/C(N)=N/OC(=O)c2ccccc2Br)cc1. The van der Waals surface area contributed by atoms with Gasteiger partial charge in [-0.3, -0.25) is 4.79 Å². The van der Waals surface area contributed by atoms with Crippen LogP contribution in [0.5, 0.6) is 5.75 Å². The lowest BCUT2D eigenvalue weighted by atomic mass is 10.2. The minimum absolute atomic E-state index is 0.0249. The molecule has 0 unspecified atom stereocenters. The second-order valence-electron chi connectivity index (χ2n) is 4.61. The van der Waals surface area contributed by atoms with Crippen molar-refractivity contribution in [3.63, 3.8) is 0 Å². The maximum Gasteiger partial charge on any atom is 0.366 e. The van der Waals surface area contributed by atoms with E-state index in [-0.39, 0.29) is 12.4 Å². The van der Waals surface area contributed by atoms with Crippen LogP contribution in [0.25, 0.3) is 0 Å². The molecule has 0 aromatic heterocycles. The van der Waals surface area contributed by atoms with Crippen molar-refractivity contribution >= 4 is 33.6 Å². The molecule has 0 atom stereocenters. The minimum atomic E-state index is -0.633. The summed E-state index contributed by atoms with van der Waals surface area (Å²) in [5.74, 6) is -0.724. The number of oxime groups is 1. The van der Waals surface area contributed by atoms with Crippen molar-refractivity contribution in [2.24, 2.45) is 16.6 Å². The summed E-state index contributed by atoms with van der Waals surface area (Å²) in [6.07, 6.45) is 0. The summed E-state index contributed by atoms with van der Waals surface area (Å²) in [5, 5.41) is 3.62. The maximum atomic E-state index is 11.9. The highest BCUT2D eigenvalue weighted by molar-refractivity contribution is 9.10. The second kappa shape index (κ2) is 8.11. The third-order valence-electron chi connectivity index (χ3n) is 2.85. The van der Waals surface area contributed by atoms with E-state index in [1.807, 2.05) is 0 Å². The summed E-state index contributed by atoms with van der Waals surface area (Å²) >= 11 is 3.25. The quantitative estimate of drug-likeness (QED) is 0.337. The molecule has 0 aliphatic carbocycles. The summed E-state index contributed by atoms with van der Waals surface area (Å²) < 4.78 is 5.72. The van der Waals surface area contributed by atoms with E-state index in [4.69, 9.17) is 21.0 Å². The highest BCUT2D eigenvalue weighted by Gasteiger charge is 2.11. The van der Waals surface area contributed by atoms with Gasteiger partial charge in [-0.15, -0.1) is 0 Å². The molecule has 0 saturated heterocycles. The molecule has 1 amide bonds. The molecule has 0 heterocycles. The first-order valence-corrected chi connectivity index (χ1v) is 7.57. The Bertz CT molecular complexity index is 775. The van der Waals surface area contributed by atoms with Crippen LogP contribution in [0.4, 0.5) is 0 Å². The Kier molecular flexibility index (Phi) is 5.91. The number of benzene rings is 2. The van der Waals surface area contributed by atoms with Crippen molar-refractivity contribution in [3.8, 4) is 5.75 Å². The van der Waals surface area contributed by atoms with E-state index < -0.39 is 11.9 Å². The molecule has 0 bridgehead atoms. The van der Waals surface area contributed by atoms with Gasteiger partial charge in [-0.1, -0.05) is 17.3 Å². The Morgan fingerprint density at radius 1 is 1.04 bits per heavy atom. The lowest BCUT2D eigenvalue weighted by molar-refractivity contribution is -0.119. The molecule has 0 radical (unpaired) electrons. The van der Waals surface area contributed by atoms with E-state index in [0.29, 0.717) is 21.3 Å². The molecular weight excluding hydrogens is 378 g/mol. The number of carbonyl (C=O) groups is 2. The Labute approximate surface area is 146 Å². The van der Waals surface area contributed by atoms with E-state index >= 15 is 0 Å². The van der Waals surface area contributed by atoms with Crippen LogP contribution in [0.15, 0.2) is 58.2 Å². The van der Waals surface area contributed by atoms with Crippen LogP contribution < -0.4 is 16.2 Å². The lowest BCUT2D eigenvalue weighted by Crippen LogP contribution is -2.20. The zero-order chi connectivity index (χ0) is 17.5. The Balaban J connectivity index is 2.01. The fourth-order valence-electron chi connectivity index (χ4n) is 1.70. The second-order valence-corrected chi connectivity index (χ2v) is 5.47. The number of rotatable bonds is 6. The minimum Gasteiger partial charge on any atom is -0.484 e. The number of nitrogens with zero attached hydrogens (tertiary/aromatic N) is 1. The molecule has 0 aliphatic rings. The van der Waals surface area contributed by atoms with Crippen molar-refractivity contribution in [2.75, 3.05) is 6.61 Å². The van der Waals surface area contributed by atoms with E-state index in [1.165, 1.54) is 0 Å². The number of hydrogen-bond acceptors (Lipinski definition) is 5. The first-order valence-electron chi connectivity index (χ1n) is 6.78. The third kappa shape index (κ3) is 4.82. The van der Waals surface area contributed by atoms with Gasteiger partial charge in [0, 0.05) is 10.0 Å². The van der Waals surface area contributed by atoms with Crippen LogP contribution in [-0.4, -0.2) is 24.3 Å². The summed E-state index contributed by atoms with van der Waals surface area (Å²) in [6.45, 7) is -0.216. The average Bonchev–Trinajstić information content (AvgIpc) is 2.58. The number of nitrogens with two attached hydrogens (primary N) is 2. The summed E-state index contributed by atoms with van der Waals surface area (Å²) in [4.78, 5) is 27.4. The van der Waals surface area contributed by atoms with Crippen molar-refractivity contribution in [1.29, 1.82) is 0 Å². The van der Waals surface area contributed by atoms with E-state index in [9.17, 15) is 9.59 Å².